The molecule has 0 aromatic heterocycles. The minimum atomic E-state index is -1.07. The molecule has 2 aromatic rings. The van der Waals surface area contributed by atoms with Crippen LogP contribution in [-0.4, -0.2) is 41.8 Å². The Kier molecular flexibility index (Phi) is 10.7. The SMILES string of the molecule is CC(C)C(=O)N[C@@H](Cc1ccccc1)C(=O)N[C@@H](CCC(=O)C=N)C(=O)NCc1ccc(F)cc1. The maximum Gasteiger partial charge on any atom is 0.243 e. The van der Waals surface area contributed by atoms with Gasteiger partial charge < -0.3 is 21.4 Å². The van der Waals surface area contributed by atoms with E-state index in [9.17, 15) is 23.6 Å². The van der Waals surface area contributed by atoms with Gasteiger partial charge in [0.25, 0.3) is 0 Å². The van der Waals surface area contributed by atoms with Crippen molar-refractivity contribution in [2.24, 2.45) is 5.92 Å². The first-order chi connectivity index (χ1) is 16.7. The van der Waals surface area contributed by atoms with Crippen molar-refractivity contribution in [3.05, 3.63) is 71.5 Å². The Morgan fingerprint density at radius 3 is 2.09 bits per heavy atom. The third kappa shape index (κ3) is 9.48. The molecule has 3 amide bonds. The lowest BCUT2D eigenvalue weighted by molar-refractivity contribution is -0.133. The van der Waals surface area contributed by atoms with Crippen molar-refractivity contribution < 1.29 is 23.6 Å². The molecule has 0 unspecified atom stereocenters. The molecule has 186 valence electrons. The molecule has 0 bridgehead atoms. The number of carbonyl (C=O) groups is 4. The van der Waals surface area contributed by atoms with Gasteiger partial charge in [0.05, 0.1) is 6.21 Å². The Balaban J connectivity index is 2.15. The molecule has 0 aliphatic rings. The van der Waals surface area contributed by atoms with Crippen LogP contribution in [0.5, 0.6) is 0 Å². The smallest absolute Gasteiger partial charge is 0.243 e. The number of hydrogen-bond acceptors (Lipinski definition) is 5. The number of nitrogens with one attached hydrogen (secondary N) is 4. The fourth-order valence-corrected chi connectivity index (χ4v) is 3.21. The van der Waals surface area contributed by atoms with Gasteiger partial charge in [-0.15, -0.1) is 0 Å². The summed E-state index contributed by atoms with van der Waals surface area (Å²) in [5.74, 6) is -2.63. The fourth-order valence-electron chi connectivity index (χ4n) is 3.21. The van der Waals surface area contributed by atoms with Gasteiger partial charge in [-0.25, -0.2) is 4.39 Å². The van der Waals surface area contributed by atoms with Gasteiger partial charge in [0, 0.05) is 25.3 Å². The molecule has 2 aromatic carbocycles. The molecule has 0 spiro atoms. The molecule has 2 atom stereocenters. The van der Waals surface area contributed by atoms with Gasteiger partial charge in [-0.2, -0.15) is 0 Å². The highest BCUT2D eigenvalue weighted by Gasteiger charge is 2.28. The summed E-state index contributed by atoms with van der Waals surface area (Å²) in [6, 6.07) is 12.7. The summed E-state index contributed by atoms with van der Waals surface area (Å²) in [5, 5.41) is 15.1. The molecule has 0 radical (unpaired) electrons. The van der Waals surface area contributed by atoms with Crippen molar-refractivity contribution in [3.63, 3.8) is 0 Å². The lowest BCUT2D eigenvalue weighted by Crippen LogP contribution is -2.55. The first-order valence-corrected chi connectivity index (χ1v) is 11.4. The summed E-state index contributed by atoms with van der Waals surface area (Å²) in [5.41, 5.74) is 1.49. The van der Waals surface area contributed by atoms with Crippen LogP contribution in [0.1, 0.15) is 37.8 Å². The van der Waals surface area contributed by atoms with Gasteiger partial charge >= 0.3 is 0 Å². The zero-order valence-electron chi connectivity index (χ0n) is 19.8. The summed E-state index contributed by atoms with van der Waals surface area (Å²) in [7, 11) is 0. The molecule has 35 heavy (non-hydrogen) atoms. The third-order valence-electron chi connectivity index (χ3n) is 5.29. The van der Waals surface area contributed by atoms with Gasteiger partial charge in [0.1, 0.15) is 17.9 Å². The van der Waals surface area contributed by atoms with Gasteiger partial charge in [0.15, 0.2) is 5.78 Å². The van der Waals surface area contributed by atoms with E-state index in [0.29, 0.717) is 11.8 Å². The summed E-state index contributed by atoms with van der Waals surface area (Å²) in [4.78, 5) is 50.0. The Bertz CT molecular complexity index is 1030. The highest BCUT2D eigenvalue weighted by molar-refractivity contribution is 6.26. The third-order valence-corrected chi connectivity index (χ3v) is 5.29. The number of benzene rings is 2. The molecule has 0 heterocycles. The number of carbonyl (C=O) groups excluding carboxylic acids is 4. The van der Waals surface area contributed by atoms with E-state index in [1.54, 1.807) is 13.8 Å². The van der Waals surface area contributed by atoms with Crippen LogP contribution in [0.4, 0.5) is 4.39 Å². The average Bonchev–Trinajstić information content (AvgIpc) is 2.85. The highest BCUT2D eigenvalue weighted by atomic mass is 19.1. The van der Waals surface area contributed by atoms with E-state index in [-0.39, 0.29) is 37.6 Å². The van der Waals surface area contributed by atoms with Crippen molar-refractivity contribution in [3.8, 4) is 0 Å². The Morgan fingerprint density at radius 1 is 0.857 bits per heavy atom. The zero-order chi connectivity index (χ0) is 25.8. The lowest BCUT2D eigenvalue weighted by atomic mass is 10.0. The standard InChI is InChI=1S/C26H31FN4O4/c1-17(2)24(33)31-23(14-18-6-4-3-5-7-18)26(35)30-22(13-12-21(32)15-28)25(34)29-16-19-8-10-20(27)11-9-19/h3-11,15,17,22-23,28H,12-14,16H2,1-2H3,(H,29,34)(H,30,35)(H,31,33)/t22-,23-/m0/s1. The van der Waals surface area contributed by atoms with Crippen LogP contribution in [0.2, 0.25) is 0 Å². The molecular formula is C26H31FN4O4. The maximum absolute atomic E-state index is 13.2. The summed E-state index contributed by atoms with van der Waals surface area (Å²) in [6.07, 6.45) is 0.746. The normalized spacial score (nSPS) is 12.3. The van der Waals surface area contributed by atoms with Gasteiger partial charge in [-0.05, 0) is 29.7 Å². The molecule has 0 fully saturated rings. The second kappa shape index (κ2) is 13.7. The van der Waals surface area contributed by atoms with Crippen molar-refractivity contribution in [1.82, 2.24) is 16.0 Å². The zero-order valence-corrected chi connectivity index (χ0v) is 19.8. The number of ketones is 1. The second-order valence-electron chi connectivity index (χ2n) is 8.46. The Morgan fingerprint density at radius 2 is 1.49 bits per heavy atom. The van der Waals surface area contributed by atoms with E-state index in [1.165, 1.54) is 24.3 Å². The van der Waals surface area contributed by atoms with Crippen LogP contribution in [-0.2, 0) is 32.1 Å². The van der Waals surface area contributed by atoms with Crippen LogP contribution >= 0.6 is 0 Å². The number of rotatable bonds is 13. The monoisotopic (exact) mass is 482 g/mol. The van der Waals surface area contributed by atoms with Crippen LogP contribution < -0.4 is 16.0 Å². The molecule has 9 heteroatoms. The maximum atomic E-state index is 13.2. The highest BCUT2D eigenvalue weighted by Crippen LogP contribution is 2.08. The minimum absolute atomic E-state index is 0.0224. The quantitative estimate of drug-likeness (QED) is 0.327. The Hall–Kier alpha value is -3.88. The summed E-state index contributed by atoms with van der Waals surface area (Å²) >= 11 is 0. The fraction of sp³-hybridized carbons (Fsp3) is 0.346. The first kappa shape index (κ1) is 27.4. The molecule has 2 rings (SSSR count). The van der Waals surface area contributed by atoms with Gasteiger partial charge in [-0.1, -0.05) is 56.3 Å². The Labute approximate surface area is 204 Å². The predicted molar refractivity (Wildman–Crippen MR) is 130 cm³/mol. The lowest BCUT2D eigenvalue weighted by Gasteiger charge is -2.24. The first-order valence-electron chi connectivity index (χ1n) is 11.4. The number of amides is 3. The van der Waals surface area contributed by atoms with E-state index in [4.69, 9.17) is 5.41 Å². The predicted octanol–water partition coefficient (Wildman–Crippen LogP) is 2.31. The average molecular weight is 483 g/mol. The number of Topliss-reactive ketones (excluding diaryl/α,β-unsaturated/α-hetero) is 1. The number of hydrogen-bond donors (Lipinski definition) is 4. The topological polar surface area (TPSA) is 128 Å². The van der Waals surface area contributed by atoms with Crippen LogP contribution in [0, 0.1) is 17.1 Å². The van der Waals surface area contributed by atoms with Crippen LogP contribution in [0.3, 0.4) is 0 Å². The van der Waals surface area contributed by atoms with Crippen LogP contribution in [0.25, 0.3) is 0 Å². The molecular weight excluding hydrogens is 451 g/mol. The van der Waals surface area contributed by atoms with Crippen molar-refractivity contribution in [2.45, 2.75) is 51.7 Å². The summed E-state index contributed by atoms with van der Waals surface area (Å²) in [6.45, 7) is 3.52. The van der Waals surface area contributed by atoms with Gasteiger partial charge in [-0.3, -0.25) is 19.2 Å². The van der Waals surface area contributed by atoms with E-state index in [1.807, 2.05) is 30.3 Å². The molecule has 0 aliphatic carbocycles. The second-order valence-corrected chi connectivity index (χ2v) is 8.46. The van der Waals surface area contributed by atoms with Crippen molar-refractivity contribution in [1.29, 1.82) is 5.41 Å². The number of halogens is 1. The molecule has 0 saturated carbocycles. The van der Waals surface area contributed by atoms with Crippen molar-refractivity contribution in [2.75, 3.05) is 0 Å². The van der Waals surface area contributed by atoms with E-state index in [2.05, 4.69) is 16.0 Å². The molecule has 0 aliphatic heterocycles. The van der Waals surface area contributed by atoms with Gasteiger partial charge in [0.2, 0.25) is 17.7 Å². The van der Waals surface area contributed by atoms with E-state index in [0.717, 1.165) is 5.56 Å². The van der Waals surface area contributed by atoms with E-state index >= 15 is 0 Å². The minimum Gasteiger partial charge on any atom is -0.350 e. The largest absolute Gasteiger partial charge is 0.350 e. The molecule has 0 saturated heterocycles. The summed E-state index contributed by atoms with van der Waals surface area (Å²) < 4.78 is 13.1. The van der Waals surface area contributed by atoms with E-state index < -0.39 is 35.5 Å². The van der Waals surface area contributed by atoms with Crippen molar-refractivity contribution >= 4 is 29.7 Å². The van der Waals surface area contributed by atoms with Crippen LogP contribution in [0.15, 0.2) is 54.6 Å². The molecule has 4 N–H and O–H groups in total. The molecule has 8 nitrogen and oxygen atoms in total.